The van der Waals surface area contributed by atoms with E-state index in [1.807, 2.05) is 42.5 Å². The summed E-state index contributed by atoms with van der Waals surface area (Å²) in [4.78, 5) is 31.7. The molecule has 0 fully saturated rings. The van der Waals surface area contributed by atoms with Gasteiger partial charge in [0.2, 0.25) is 0 Å². The lowest BCUT2D eigenvalue weighted by Crippen LogP contribution is -2.35. The molecule has 3 aromatic rings. The third-order valence-corrected chi connectivity index (χ3v) is 4.17. The number of benzene rings is 1. The van der Waals surface area contributed by atoms with Gasteiger partial charge in [-0.15, -0.1) is 0 Å². The molecule has 0 aliphatic carbocycles. The number of aliphatic carboxylic acids is 1. The number of hydrogen-bond donors (Lipinski definition) is 2. The highest BCUT2D eigenvalue weighted by molar-refractivity contribution is 5.97. The summed E-state index contributed by atoms with van der Waals surface area (Å²) in [6.07, 6.45) is -0.129. The second-order valence-electron chi connectivity index (χ2n) is 6.17. The van der Waals surface area contributed by atoms with Crippen LogP contribution in [0.1, 0.15) is 22.0 Å². The van der Waals surface area contributed by atoms with Crippen molar-refractivity contribution in [3.8, 4) is 0 Å². The molecule has 0 bridgehead atoms. The number of pyridine rings is 2. The molecule has 2 heterocycles. The van der Waals surface area contributed by atoms with Gasteiger partial charge >= 0.3 is 12.1 Å². The van der Waals surface area contributed by atoms with Crippen LogP contribution in [0.25, 0.3) is 10.9 Å². The Hall–Kier alpha value is -3.53. The zero-order chi connectivity index (χ0) is 22.3. The molecule has 1 unspecified atom stereocenters. The van der Waals surface area contributed by atoms with E-state index in [0.717, 1.165) is 16.5 Å². The number of likely N-dealkylation sites (N-methyl/N-ethyl adjacent to an activating group) is 1. The fraction of sp³-hybridized carbons (Fsp3) is 0.200. The van der Waals surface area contributed by atoms with Gasteiger partial charge in [0.15, 0.2) is 0 Å². The molecule has 0 aliphatic heterocycles. The van der Waals surface area contributed by atoms with Crippen molar-refractivity contribution in [2.45, 2.75) is 12.2 Å². The van der Waals surface area contributed by atoms with Crippen LogP contribution < -0.4 is 5.73 Å². The maximum Gasteiger partial charge on any atom is 0.490 e. The number of halogens is 3. The van der Waals surface area contributed by atoms with Crippen molar-refractivity contribution >= 4 is 22.8 Å². The van der Waals surface area contributed by atoms with Gasteiger partial charge in [-0.25, -0.2) is 4.79 Å². The van der Waals surface area contributed by atoms with E-state index in [-0.39, 0.29) is 11.9 Å². The normalized spacial score (nSPS) is 11.9. The summed E-state index contributed by atoms with van der Waals surface area (Å²) in [6.45, 7) is 0.358. The smallest absolute Gasteiger partial charge is 0.475 e. The highest BCUT2D eigenvalue weighted by atomic mass is 19.4. The van der Waals surface area contributed by atoms with Crippen LogP contribution in [0.5, 0.6) is 0 Å². The number of nitrogens with two attached hydrogens (primary N) is 1. The van der Waals surface area contributed by atoms with Crippen LogP contribution in [0.15, 0.2) is 61.1 Å². The Labute approximate surface area is 170 Å². The quantitative estimate of drug-likeness (QED) is 0.672. The third-order valence-electron chi connectivity index (χ3n) is 4.17. The molecule has 2 aromatic heterocycles. The Bertz CT molecular complexity index is 1010. The van der Waals surface area contributed by atoms with Crippen molar-refractivity contribution in [1.29, 1.82) is 0 Å². The van der Waals surface area contributed by atoms with Crippen LogP contribution in [-0.4, -0.2) is 51.6 Å². The Kier molecular flexibility index (Phi) is 7.43. The van der Waals surface area contributed by atoms with Crippen molar-refractivity contribution < 1.29 is 27.9 Å². The maximum absolute atomic E-state index is 12.8. The first-order chi connectivity index (χ1) is 14.1. The van der Waals surface area contributed by atoms with Crippen molar-refractivity contribution in [3.63, 3.8) is 0 Å². The van der Waals surface area contributed by atoms with Gasteiger partial charge in [-0.1, -0.05) is 30.3 Å². The van der Waals surface area contributed by atoms with E-state index in [1.54, 1.807) is 30.5 Å². The van der Waals surface area contributed by atoms with Gasteiger partial charge in [-0.05, 0) is 17.7 Å². The van der Waals surface area contributed by atoms with Gasteiger partial charge in [0.05, 0.1) is 23.3 Å². The van der Waals surface area contributed by atoms with Gasteiger partial charge < -0.3 is 15.7 Å². The summed E-state index contributed by atoms with van der Waals surface area (Å²) in [6, 6.07) is 13.3. The predicted molar refractivity (Wildman–Crippen MR) is 104 cm³/mol. The first kappa shape index (κ1) is 22.8. The SMILES string of the molecule is CN(C(=O)c1cnc2cnccc2c1)C(CN)c1ccccc1.O=C(O)C(F)(F)F. The van der Waals surface area contributed by atoms with Crippen molar-refractivity contribution in [1.82, 2.24) is 14.9 Å². The lowest BCUT2D eigenvalue weighted by Gasteiger charge is -2.27. The lowest BCUT2D eigenvalue weighted by atomic mass is 10.0. The van der Waals surface area contributed by atoms with E-state index in [1.165, 1.54) is 0 Å². The maximum atomic E-state index is 12.8. The van der Waals surface area contributed by atoms with Crippen LogP contribution >= 0.6 is 0 Å². The number of carbonyl (C=O) groups is 2. The molecule has 0 aliphatic rings. The molecular weight excluding hydrogens is 401 g/mol. The number of fused-ring (bicyclic) bond motifs is 1. The summed E-state index contributed by atoms with van der Waals surface area (Å²) in [5.41, 5.74) is 8.22. The first-order valence-corrected chi connectivity index (χ1v) is 8.67. The first-order valence-electron chi connectivity index (χ1n) is 8.67. The third kappa shape index (κ3) is 5.74. The number of nitrogens with zero attached hydrogens (tertiary/aromatic N) is 3. The molecule has 1 aromatic carbocycles. The molecule has 30 heavy (non-hydrogen) atoms. The molecule has 1 atom stereocenters. The van der Waals surface area contributed by atoms with Crippen LogP contribution in [-0.2, 0) is 4.79 Å². The molecule has 0 saturated carbocycles. The fourth-order valence-corrected chi connectivity index (χ4v) is 2.63. The summed E-state index contributed by atoms with van der Waals surface area (Å²) < 4.78 is 31.7. The Balaban J connectivity index is 0.000000396. The number of aromatic nitrogens is 2. The van der Waals surface area contributed by atoms with E-state index >= 15 is 0 Å². The Morgan fingerprint density at radius 3 is 2.37 bits per heavy atom. The van der Waals surface area contributed by atoms with Crippen LogP contribution in [0.2, 0.25) is 0 Å². The van der Waals surface area contributed by atoms with E-state index in [0.29, 0.717) is 12.1 Å². The molecule has 0 saturated heterocycles. The zero-order valence-corrected chi connectivity index (χ0v) is 15.9. The standard InChI is InChI=1S/C18H18N4O.C2HF3O2/c1-22(17(10-19)13-5-3-2-4-6-13)18(23)15-9-14-7-8-20-12-16(14)21-11-15;3-2(4,5)1(6)7/h2-9,11-12,17H,10,19H2,1H3;(H,6,7). The second-order valence-corrected chi connectivity index (χ2v) is 6.17. The number of carboxylic acids is 1. The minimum Gasteiger partial charge on any atom is -0.475 e. The summed E-state index contributed by atoms with van der Waals surface area (Å²) in [7, 11) is 1.77. The van der Waals surface area contributed by atoms with Gasteiger partial charge in [-0.3, -0.25) is 14.8 Å². The summed E-state index contributed by atoms with van der Waals surface area (Å²) in [5, 5.41) is 8.02. The molecule has 10 heteroatoms. The molecule has 1 amide bonds. The monoisotopic (exact) mass is 420 g/mol. The average molecular weight is 420 g/mol. The molecule has 0 spiro atoms. The molecule has 3 rings (SSSR count). The van der Waals surface area contributed by atoms with Gasteiger partial charge in [0, 0.05) is 31.4 Å². The van der Waals surface area contributed by atoms with Crippen LogP contribution in [0.3, 0.4) is 0 Å². The van der Waals surface area contributed by atoms with Crippen molar-refractivity contribution in [3.05, 3.63) is 72.2 Å². The zero-order valence-electron chi connectivity index (χ0n) is 15.9. The number of amides is 1. The van der Waals surface area contributed by atoms with Crippen LogP contribution in [0, 0.1) is 0 Å². The molecular formula is C20H19F3N4O3. The predicted octanol–water partition coefficient (Wildman–Crippen LogP) is 3.04. The Morgan fingerprint density at radius 2 is 1.80 bits per heavy atom. The van der Waals surface area contributed by atoms with Gasteiger partial charge in [-0.2, -0.15) is 13.2 Å². The van der Waals surface area contributed by atoms with E-state index < -0.39 is 12.1 Å². The van der Waals surface area contributed by atoms with Gasteiger partial charge in [0.1, 0.15) is 0 Å². The number of alkyl halides is 3. The van der Waals surface area contributed by atoms with E-state index in [9.17, 15) is 18.0 Å². The van der Waals surface area contributed by atoms with Crippen molar-refractivity contribution in [2.24, 2.45) is 5.73 Å². The minimum atomic E-state index is -5.08. The summed E-state index contributed by atoms with van der Waals surface area (Å²) in [5.74, 6) is -2.86. The molecule has 0 radical (unpaired) electrons. The largest absolute Gasteiger partial charge is 0.490 e. The second kappa shape index (κ2) is 9.79. The number of hydrogen-bond acceptors (Lipinski definition) is 5. The number of rotatable bonds is 4. The molecule has 158 valence electrons. The Morgan fingerprint density at radius 1 is 1.17 bits per heavy atom. The lowest BCUT2D eigenvalue weighted by molar-refractivity contribution is -0.192. The fourth-order valence-electron chi connectivity index (χ4n) is 2.63. The highest BCUT2D eigenvalue weighted by Crippen LogP contribution is 2.21. The number of carboxylic acid groups (broad SMARTS) is 1. The van der Waals surface area contributed by atoms with E-state index in [4.69, 9.17) is 15.6 Å². The van der Waals surface area contributed by atoms with Crippen molar-refractivity contribution in [2.75, 3.05) is 13.6 Å². The summed E-state index contributed by atoms with van der Waals surface area (Å²) >= 11 is 0. The average Bonchev–Trinajstić information content (AvgIpc) is 2.74. The van der Waals surface area contributed by atoms with Gasteiger partial charge in [0.25, 0.3) is 5.91 Å². The topological polar surface area (TPSA) is 109 Å². The molecule has 7 nitrogen and oxygen atoms in total. The minimum absolute atomic E-state index is 0.101. The highest BCUT2D eigenvalue weighted by Gasteiger charge is 2.38. The molecule has 3 N–H and O–H groups in total. The van der Waals surface area contributed by atoms with E-state index in [2.05, 4.69) is 9.97 Å². The van der Waals surface area contributed by atoms with Crippen LogP contribution in [0.4, 0.5) is 13.2 Å². The number of carbonyl (C=O) groups excluding carboxylic acids is 1.